The standard InChI is InChI=1S/C28H22O4/c1-19(29)20-3-5-21(6-4-20)22-7-9-23(10-8-22)28(30)24-11-13-26(14-12-24)32-27-17-15-25(31-2)16-18-27/h3-18H,1-2H3. The Kier molecular flexibility index (Phi) is 6.13. The lowest BCUT2D eigenvalue weighted by molar-refractivity contribution is 0.101. The van der Waals surface area contributed by atoms with E-state index in [4.69, 9.17) is 9.47 Å². The summed E-state index contributed by atoms with van der Waals surface area (Å²) in [6.07, 6.45) is 0. The monoisotopic (exact) mass is 422 g/mol. The molecule has 4 aromatic rings. The summed E-state index contributed by atoms with van der Waals surface area (Å²) in [4.78, 5) is 24.3. The fraction of sp³-hybridized carbons (Fsp3) is 0.0714. The maximum atomic E-state index is 12.9. The van der Waals surface area contributed by atoms with Crippen LogP contribution in [0.15, 0.2) is 97.1 Å². The highest BCUT2D eigenvalue weighted by atomic mass is 16.5. The number of hydrogen-bond donors (Lipinski definition) is 0. The molecule has 0 N–H and O–H groups in total. The minimum Gasteiger partial charge on any atom is -0.497 e. The predicted octanol–water partition coefficient (Wildman–Crippen LogP) is 6.59. The summed E-state index contributed by atoms with van der Waals surface area (Å²) < 4.78 is 11.0. The molecule has 0 heterocycles. The van der Waals surface area contributed by atoms with Gasteiger partial charge in [0.25, 0.3) is 0 Å². The number of rotatable bonds is 7. The summed E-state index contributed by atoms with van der Waals surface area (Å²) in [6.45, 7) is 1.55. The van der Waals surface area contributed by atoms with Gasteiger partial charge in [0.1, 0.15) is 17.2 Å². The van der Waals surface area contributed by atoms with Gasteiger partial charge in [-0.15, -0.1) is 0 Å². The van der Waals surface area contributed by atoms with Gasteiger partial charge in [0, 0.05) is 16.7 Å². The van der Waals surface area contributed by atoms with Gasteiger partial charge in [-0.25, -0.2) is 0 Å². The second-order valence-corrected chi connectivity index (χ2v) is 7.34. The van der Waals surface area contributed by atoms with Crippen LogP contribution in [0.4, 0.5) is 0 Å². The molecule has 4 aromatic carbocycles. The minimum atomic E-state index is -0.0560. The SMILES string of the molecule is COc1ccc(Oc2ccc(C(=O)c3ccc(-c4ccc(C(C)=O)cc4)cc3)cc2)cc1. The van der Waals surface area contributed by atoms with Crippen molar-refractivity contribution < 1.29 is 19.1 Å². The van der Waals surface area contributed by atoms with Gasteiger partial charge in [0.2, 0.25) is 0 Å². The molecule has 0 aliphatic carbocycles. The zero-order valence-corrected chi connectivity index (χ0v) is 17.9. The van der Waals surface area contributed by atoms with Crippen LogP contribution < -0.4 is 9.47 Å². The van der Waals surface area contributed by atoms with Gasteiger partial charge in [-0.05, 0) is 66.6 Å². The molecule has 0 radical (unpaired) electrons. The largest absolute Gasteiger partial charge is 0.497 e. The molecule has 0 aliphatic rings. The smallest absolute Gasteiger partial charge is 0.193 e. The highest BCUT2D eigenvalue weighted by Gasteiger charge is 2.10. The Hall–Kier alpha value is -4.18. The van der Waals surface area contributed by atoms with Crippen molar-refractivity contribution in [3.8, 4) is 28.4 Å². The van der Waals surface area contributed by atoms with Crippen molar-refractivity contribution in [2.45, 2.75) is 6.92 Å². The van der Waals surface area contributed by atoms with E-state index in [-0.39, 0.29) is 11.6 Å². The van der Waals surface area contributed by atoms with Gasteiger partial charge in [0.05, 0.1) is 7.11 Å². The average Bonchev–Trinajstić information content (AvgIpc) is 2.85. The van der Waals surface area contributed by atoms with E-state index in [0.717, 1.165) is 16.9 Å². The number of carbonyl (C=O) groups excluding carboxylic acids is 2. The van der Waals surface area contributed by atoms with Crippen LogP contribution in [-0.4, -0.2) is 18.7 Å². The molecule has 0 saturated carbocycles. The second-order valence-electron chi connectivity index (χ2n) is 7.34. The number of ketones is 2. The Balaban J connectivity index is 1.44. The Bertz CT molecular complexity index is 1220. The Morgan fingerprint density at radius 2 is 0.906 bits per heavy atom. The van der Waals surface area contributed by atoms with Gasteiger partial charge in [-0.3, -0.25) is 9.59 Å². The van der Waals surface area contributed by atoms with Crippen molar-refractivity contribution in [2.75, 3.05) is 7.11 Å². The first kappa shape index (κ1) is 21.1. The third-order valence-corrected chi connectivity index (χ3v) is 5.18. The van der Waals surface area contributed by atoms with E-state index >= 15 is 0 Å². The van der Waals surface area contributed by atoms with Crippen molar-refractivity contribution in [1.82, 2.24) is 0 Å². The number of methoxy groups -OCH3 is 1. The molecule has 0 aromatic heterocycles. The van der Waals surface area contributed by atoms with E-state index < -0.39 is 0 Å². The highest BCUT2D eigenvalue weighted by molar-refractivity contribution is 6.09. The maximum Gasteiger partial charge on any atom is 0.193 e. The van der Waals surface area contributed by atoms with E-state index in [9.17, 15) is 9.59 Å². The normalized spacial score (nSPS) is 10.4. The number of carbonyl (C=O) groups is 2. The molecule has 0 aliphatic heterocycles. The first-order valence-electron chi connectivity index (χ1n) is 10.2. The Morgan fingerprint density at radius 3 is 1.34 bits per heavy atom. The van der Waals surface area contributed by atoms with Crippen LogP contribution in [-0.2, 0) is 0 Å². The minimum absolute atomic E-state index is 0.0397. The first-order valence-corrected chi connectivity index (χ1v) is 10.2. The van der Waals surface area contributed by atoms with Gasteiger partial charge < -0.3 is 9.47 Å². The van der Waals surface area contributed by atoms with Crippen molar-refractivity contribution in [3.63, 3.8) is 0 Å². The molecule has 0 atom stereocenters. The molecular formula is C28H22O4. The van der Waals surface area contributed by atoms with Crippen LogP contribution in [0.5, 0.6) is 17.2 Å². The molecule has 0 amide bonds. The van der Waals surface area contributed by atoms with Crippen LogP contribution in [0.2, 0.25) is 0 Å². The molecule has 32 heavy (non-hydrogen) atoms. The van der Waals surface area contributed by atoms with Gasteiger partial charge in [-0.1, -0.05) is 48.5 Å². The molecule has 0 fully saturated rings. The van der Waals surface area contributed by atoms with Crippen LogP contribution in [0, 0.1) is 0 Å². The van der Waals surface area contributed by atoms with Crippen molar-refractivity contribution >= 4 is 11.6 Å². The van der Waals surface area contributed by atoms with Crippen LogP contribution in [0.3, 0.4) is 0 Å². The summed E-state index contributed by atoms with van der Waals surface area (Å²) in [7, 11) is 1.62. The predicted molar refractivity (Wildman–Crippen MR) is 125 cm³/mol. The fourth-order valence-corrected chi connectivity index (χ4v) is 3.33. The van der Waals surface area contributed by atoms with E-state index in [1.807, 2.05) is 72.8 Å². The summed E-state index contributed by atoms with van der Waals surface area (Å²) >= 11 is 0. The van der Waals surface area contributed by atoms with Gasteiger partial charge in [0.15, 0.2) is 11.6 Å². The number of ether oxygens (including phenoxy) is 2. The topological polar surface area (TPSA) is 52.6 Å². The van der Waals surface area contributed by atoms with Crippen molar-refractivity contribution in [3.05, 3.63) is 114 Å². The molecule has 4 rings (SSSR count). The Labute approximate surface area is 187 Å². The molecule has 0 spiro atoms. The third-order valence-electron chi connectivity index (χ3n) is 5.18. The molecule has 0 saturated heterocycles. The third kappa shape index (κ3) is 4.76. The maximum absolute atomic E-state index is 12.9. The first-order chi connectivity index (χ1) is 15.5. The molecule has 0 bridgehead atoms. The fourth-order valence-electron chi connectivity index (χ4n) is 3.33. The molecular weight excluding hydrogens is 400 g/mol. The molecule has 0 unspecified atom stereocenters. The van der Waals surface area contributed by atoms with Gasteiger partial charge in [-0.2, -0.15) is 0 Å². The number of Topliss-reactive ketones (excluding diaryl/α,β-unsaturated/α-hetero) is 1. The average molecular weight is 422 g/mol. The van der Waals surface area contributed by atoms with E-state index in [1.165, 1.54) is 0 Å². The van der Waals surface area contributed by atoms with Crippen LogP contribution in [0.1, 0.15) is 33.2 Å². The van der Waals surface area contributed by atoms with Crippen LogP contribution in [0.25, 0.3) is 11.1 Å². The zero-order valence-electron chi connectivity index (χ0n) is 17.9. The lowest BCUT2D eigenvalue weighted by Crippen LogP contribution is -2.01. The molecule has 158 valence electrons. The van der Waals surface area contributed by atoms with Crippen LogP contribution >= 0.6 is 0 Å². The van der Waals surface area contributed by atoms with Gasteiger partial charge >= 0.3 is 0 Å². The van der Waals surface area contributed by atoms with E-state index in [2.05, 4.69) is 0 Å². The quantitative estimate of drug-likeness (QED) is 0.315. The number of hydrogen-bond acceptors (Lipinski definition) is 4. The summed E-state index contributed by atoms with van der Waals surface area (Å²) in [5, 5.41) is 0. The highest BCUT2D eigenvalue weighted by Crippen LogP contribution is 2.25. The Morgan fingerprint density at radius 1 is 0.531 bits per heavy atom. The van der Waals surface area contributed by atoms with Crippen molar-refractivity contribution in [1.29, 1.82) is 0 Å². The zero-order chi connectivity index (χ0) is 22.5. The lowest BCUT2D eigenvalue weighted by Gasteiger charge is -2.08. The summed E-state index contributed by atoms with van der Waals surface area (Å²) in [5.41, 5.74) is 3.86. The van der Waals surface area contributed by atoms with Crippen molar-refractivity contribution in [2.24, 2.45) is 0 Å². The van der Waals surface area contributed by atoms with E-state index in [0.29, 0.717) is 28.2 Å². The second kappa shape index (κ2) is 9.31. The number of benzene rings is 4. The molecule has 4 nitrogen and oxygen atoms in total. The summed E-state index contributed by atoms with van der Waals surface area (Å²) in [5.74, 6) is 2.09. The van der Waals surface area contributed by atoms with E-state index in [1.54, 1.807) is 38.3 Å². The summed E-state index contributed by atoms with van der Waals surface area (Å²) in [6, 6.07) is 29.3. The molecule has 4 heteroatoms. The lowest BCUT2D eigenvalue weighted by atomic mass is 9.98.